The van der Waals surface area contributed by atoms with Crippen LogP contribution >= 0.6 is 0 Å². The summed E-state index contributed by atoms with van der Waals surface area (Å²) in [7, 11) is 0. The first-order chi connectivity index (χ1) is 14.2. The molecule has 0 radical (unpaired) electrons. The van der Waals surface area contributed by atoms with Gasteiger partial charge in [0.2, 0.25) is 5.91 Å². The number of hydrogen-bond donors (Lipinski definition) is 2. The summed E-state index contributed by atoms with van der Waals surface area (Å²) >= 11 is 0. The summed E-state index contributed by atoms with van der Waals surface area (Å²) in [5.41, 5.74) is 2.13. The van der Waals surface area contributed by atoms with E-state index in [-0.39, 0.29) is 29.8 Å². The van der Waals surface area contributed by atoms with Gasteiger partial charge >= 0.3 is 0 Å². The number of piperidine rings is 1. The second-order valence-electron chi connectivity index (χ2n) is 7.57. The van der Waals surface area contributed by atoms with E-state index in [0.717, 1.165) is 25.2 Å². The smallest absolute Gasteiger partial charge is 0.251 e. The van der Waals surface area contributed by atoms with E-state index in [9.17, 15) is 9.59 Å². The van der Waals surface area contributed by atoms with Gasteiger partial charge in [0.15, 0.2) is 5.76 Å². The topological polar surface area (TPSA) is 102 Å². The molecule has 3 aromatic heterocycles. The molecule has 3 aromatic rings. The van der Waals surface area contributed by atoms with E-state index >= 15 is 0 Å². The third-order valence-corrected chi connectivity index (χ3v) is 5.74. The lowest BCUT2D eigenvalue weighted by Crippen LogP contribution is -2.52. The van der Waals surface area contributed by atoms with Gasteiger partial charge in [0.1, 0.15) is 11.7 Å². The second-order valence-corrected chi connectivity index (χ2v) is 7.57. The average molecular weight is 391 g/mol. The molecule has 8 heteroatoms. The van der Waals surface area contributed by atoms with Gasteiger partial charge in [-0.3, -0.25) is 19.1 Å². The molecule has 1 saturated heterocycles. The number of rotatable bonds is 4. The molecule has 0 saturated carbocycles. The Bertz CT molecular complexity index is 1090. The number of nitrogens with one attached hydrogen (secondary N) is 2. The predicted molar refractivity (Wildman–Crippen MR) is 105 cm³/mol. The van der Waals surface area contributed by atoms with Crippen molar-refractivity contribution >= 4 is 5.91 Å². The maximum atomic E-state index is 13.1. The Labute approximate surface area is 166 Å². The van der Waals surface area contributed by atoms with Gasteiger partial charge in [-0.15, -0.1) is 0 Å². The zero-order valence-electron chi connectivity index (χ0n) is 15.7. The maximum Gasteiger partial charge on any atom is 0.251 e. The molecule has 148 valence electrons. The van der Waals surface area contributed by atoms with Crippen LogP contribution in [-0.4, -0.2) is 33.7 Å². The molecule has 3 atom stereocenters. The minimum atomic E-state index is -0.527. The molecule has 5 heterocycles. The van der Waals surface area contributed by atoms with Crippen LogP contribution in [0.5, 0.6) is 0 Å². The van der Waals surface area contributed by atoms with E-state index in [4.69, 9.17) is 4.52 Å². The Kier molecular flexibility index (Phi) is 4.48. The molecule has 2 bridgehead atoms. The number of nitrogens with zero attached hydrogens (tertiary/aromatic N) is 3. The molecule has 2 aliphatic rings. The van der Waals surface area contributed by atoms with Crippen molar-refractivity contribution in [3.8, 4) is 11.4 Å². The Balaban J connectivity index is 1.36. The predicted octanol–water partition coefficient (Wildman–Crippen LogP) is 1.46. The zero-order valence-corrected chi connectivity index (χ0v) is 15.7. The number of aromatic nitrogens is 3. The minimum Gasteiger partial charge on any atom is -0.359 e. The highest BCUT2D eigenvalue weighted by Crippen LogP contribution is 2.38. The molecule has 1 fully saturated rings. The quantitative estimate of drug-likeness (QED) is 0.698. The van der Waals surface area contributed by atoms with Crippen LogP contribution in [0.25, 0.3) is 11.4 Å². The number of carbonyl (C=O) groups is 1. The van der Waals surface area contributed by atoms with Crippen LogP contribution in [0.15, 0.2) is 58.0 Å². The molecular formula is C21H21N5O3. The Morgan fingerprint density at radius 3 is 3.00 bits per heavy atom. The first-order valence-corrected chi connectivity index (χ1v) is 9.77. The van der Waals surface area contributed by atoms with E-state index in [1.165, 1.54) is 6.07 Å². The number of amides is 1. The number of hydrogen-bond acceptors (Lipinski definition) is 6. The van der Waals surface area contributed by atoms with Gasteiger partial charge < -0.3 is 15.2 Å². The highest BCUT2D eigenvalue weighted by molar-refractivity contribution is 5.81. The van der Waals surface area contributed by atoms with E-state index in [1.807, 2.05) is 24.3 Å². The van der Waals surface area contributed by atoms with Crippen molar-refractivity contribution in [3.05, 3.63) is 70.5 Å². The van der Waals surface area contributed by atoms with E-state index in [2.05, 4.69) is 20.8 Å². The van der Waals surface area contributed by atoms with Crippen LogP contribution < -0.4 is 16.2 Å². The maximum absolute atomic E-state index is 13.1. The minimum absolute atomic E-state index is 0.0835. The third kappa shape index (κ3) is 3.25. The van der Waals surface area contributed by atoms with Crippen LogP contribution in [0.4, 0.5) is 0 Å². The lowest BCUT2D eigenvalue weighted by Gasteiger charge is -2.42. The van der Waals surface area contributed by atoms with Crippen molar-refractivity contribution in [1.29, 1.82) is 0 Å². The highest BCUT2D eigenvalue weighted by atomic mass is 16.5. The average Bonchev–Trinajstić information content (AvgIpc) is 3.23. The van der Waals surface area contributed by atoms with Gasteiger partial charge in [0.05, 0.1) is 12.2 Å². The fraction of sp³-hybridized carbons (Fsp3) is 0.333. The van der Waals surface area contributed by atoms with E-state index < -0.39 is 6.04 Å². The Hall–Kier alpha value is -3.26. The third-order valence-electron chi connectivity index (χ3n) is 5.74. The van der Waals surface area contributed by atoms with Crippen LogP contribution in [0.1, 0.15) is 29.8 Å². The molecule has 0 unspecified atom stereocenters. The van der Waals surface area contributed by atoms with Crippen molar-refractivity contribution < 1.29 is 9.32 Å². The van der Waals surface area contributed by atoms with E-state index in [0.29, 0.717) is 17.1 Å². The SMILES string of the molecule is O=C(NCc1cc(-c2ccccn2)no1)[C@H]1[C@@H]2CNC[C@@H](C2)c2cccc(=O)n21. The summed E-state index contributed by atoms with van der Waals surface area (Å²) in [5.74, 6) is 0.708. The first kappa shape index (κ1) is 17.8. The van der Waals surface area contributed by atoms with Crippen LogP contribution in [0.3, 0.4) is 0 Å². The summed E-state index contributed by atoms with van der Waals surface area (Å²) in [6.45, 7) is 1.76. The van der Waals surface area contributed by atoms with Crippen molar-refractivity contribution in [2.45, 2.75) is 24.9 Å². The number of pyridine rings is 2. The number of fused-ring (bicyclic) bond motifs is 4. The van der Waals surface area contributed by atoms with Crippen molar-refractivity contribution in [1.82, 2.24) is 25.3 Å². The van der Waals surface area contributed by atoms with Gasteiger partial charge in [0.25, 0.3) is 5.56 Å². The summed E-state index contributed by atoms with van der Waals surface area (Å²) in [6.07, 6.45) is 2.59. The van der Waals surface area contributed by atoms with Crippen LogP contribution in [0.2, 0.25) is 0 Å². The van der Waals surface area contributed by atoms with Gasteiger partial charge in [-0.25, -0.2) is 0 Å². The zero-order chi connectivity index (χ0) is 19.8. The molecule has 0 aromatic carbocycles. The number of carbonyl (C=O) groups excluding carboxylic acids is 1. The second kappa shape index (κ2) is 7.29. The van der Waals surface area contributed by atoms with Crippen LogP contribution in [0, 0.1) is 5.92 Å². The molecule has 2 aliphatic heterocycles. The van der Waals surface area contributed by atoms with Gasteiger partial charge in [-0.05, 0) is 24.6 Å². The summed E-state index contributed by atoms with van der Waals surface area (Å²) in [4.78, 5) is 29.9. The highest BCUT2D eigenvalue weighted by Gasteiger charge is 2.41. The van der Waals surface area contributed by atoms with Gasteiger partial charge in [0, 0.05) is 48.9 Å². The largest absolute Gasteiger partial charge is 0.359 e. The molecule has 2 N–H and O–H groups in total. The lowest BCUT2D eigenvalue weighted by atomic mass is 9.79. The van der Waals surface area contributed by atoms with Crippen molar-refractivity contribution in [2.75, 3.05) is 13.1 Å². The summed E-state index contributed by atoms with van der Waals surface area (Å²) in [6, 6.07) is 12.0. The van der Waals surface area contributed by atoms with Crippen molar-refractivity contribution in [3.63, 3.8) is 0 Å². The Morgan fingerprint density at radius 2 is 2.14 bits per heavy atom. The monoisotopic (exact) mass is 391 g/mol. The standard InChI is InChI=1S/C21H21N5O3/c27-19-6-3-5-18-13-8-14(11-22-10-13)20(26(18)19)21(28)24-12-15-9-17(25-29-15)16-4-1-2-7-23-16/h1-7,9,13-14,20,22H,8,10-12H2,(H,24,28)/t13-,14+,20-/m1/s1. The molecule has 29 heavy (non-hydrogen) atoms. The van der Waals surface area contributed by atoms with Crippen LogP contribution in [-0.2, 0) is 11.3 Å². The van der Waals surface area contributed by atoms with E-state index in [1.54, 1.807) is 22.9 Å². The molecule has 0 spiro atoms. The summed E-state index contributed by atoms with van der Waals surface area (Å²) < 4.78 is 7.02. The fourth-order valence-corrected chi connectivity index (χ4v) is 4.44. The normalized spacial score (nSPS) is 22.7. The Morgan fingerprint density at radius 1 is 1.21 bits per heavy atom. The van der Waals surface area contributed by atoms with Gasteiger partial charge in [-0.1, -0.05) is 17.3 Å². The molecule has 8 nitrogen and oxygen atoms in total. The van der Waals surface area contributed by atoms with Gasteiger partial charge in [-0.2, -0.15) is 0 Å². The molecular weight excluding hydrogens is 370 g/mol. The molecule has 0 aliphatic carbocycles. The van der Waals surface area contributed by atoms with Crippen molar-refractivity contribution in [2.24, 2.45) is 5.92 Å². The fourth-order valence-electron chi connectivity index (χ4n) is 4.44. The lowest BCUT2D eigenvalue weighted by molar-refractivity contribution is -0.127. The molecule has 1 amide bonds. The first-order valence-electron chi connectivity index (χ1n) is 9.77. The molecule has 5 rings (SSSR count). The summed E-state index contributed by atoms with van der Waals surface area (Å²) in [5, 5.41) is 10.3.